The van der Waals surface area contributed by atoms with Gasteiger partial charge in [0.25, 0.3) is 0 Å². The minimum absolute atomic E-state index is 0.0388. The van der Waals surface area contributed by atoms with Gasteiger partial charge in [0, 0.05) is 14.1 Å². The molecule has 0 aliphatic carbocycles. The van der Waals surface area contributed by atoms with E-state index >= 15 is 0 Å². The van der Waals surface area contributed by atoms with Crippen molar-refractivity contribution in [3.05, 3.63) is 71.3 Å². The molecule has 0 unspecified atom stereocenters. The van der Waals surface area contributed by atoms with Crippen molar-refractivity contribution in [3.8, 4) is 0 Å². The lowest BCUT2D eigenvalue weighted by atomic mass is 10.0. The maximum Gasteiger partial charge on any atom is 0.248 e. The summed E-state index contributed by atoms with van der Waals surface area (Å²) in [6.07, 6.45) is -0.226. The Labute approximate surface area is 126 Å². The molecule has 1 amide bonds. The van der Waals surface area contributed by atoms with Crippen molar-refractivity contribution in [2.24, 2.45) is 0 Å². The molecule has 2 aromatic carbocycles. The van der Waals surface area contributed by atoms with Crippen LogP contribution in [0.3, 0.4) is 0 Å². The van der Waals surface area contributed by atoms with Gasteiger partial charge in [0.1, 0.15) is 12.7 Å². The number of benzene rings is 2. The second-order valence-electron chi connectivity index (χ2n) is 5.30. The van der Waals surface area contributed by atoms with Crippen LogP contribution in [-0.4, -0.2) is 31.5 Å². The molecule has 0 heterocycles. The Hall–Kier alpha value is -2.13. The zero-order chi connectivity index (χ0) is 15.2. The van der Waals surface area contributed by atoms with Crippen molar-refractivity contribution in [2.75, 3.05) is 20.7 Å². The van der Waals surface area contributed by atoms with Crippen LogP contribution < -0.4 is 0 Å². The quantitative estimate of drug-likeness (QED) is 0.843. The maximum absolute atomic E-state index is 11.8. The standard InChI is InChI=1S/C18H21NO2/c1-14-9-11-16(12-10-14)18(15-7-5-4-6-8-15)21-13-17(20)19(2)3/h4-12,18H,13H2,1-3H3/t18-/m0/s1. The van der Waals surface area contributed by atoms with Gasteiger partial charge >= 0.3 is 0 Å². The third kappa shape index (κ3) is 4.17. The third-order valence-corrected chi connectivity index (χ3v) is 3.35. The van der Waals surface area contributed by atoms with Crippen LogP contribution in [-0.2, 0) is 9.53 Å². The zero-order valence-corrected chi connectivity index (χ0v) is 12.7. The Morgan fingerprint density at radius 1 is 1.00 bits per heavy atom. The van der Waals surface area contributed by atoms with Crippen molar-refractivity contribution in [2.45, 2.75) is 13.0 Å². The van der Waals surface area contributed by atoms with Crippen molar-refractivity contribution in [1.82, 2.24) is 4.90 Å². The average molecular weight is 283 g/mol. The summed E-state index contributed by atoms with van der Waals surface area (Å²) in [6, 6.07) is 18.2. The van der Waals surface area contributed by atoms with E-state index in [0.29, 0.717) is 0 Å². The summed E-state index contributed by atoms with van der Waals surface area (Å²) >= 11 is 0. The molecule has 0 fully saturated rings. The van der Waals surface area contributed by atoms with E-state index < -0.39 is 0 Å². The van der Waals surface area contributed by atoms with E-state index in [1.165, 1.54) is 10.5 Å². The first kappa shape index (κ1) is 15.3. The predicted octanol–water partition coefficient (Wildman–Crippen LogP) is 3.19. The summed E-state index contributed by atoms with van der Waals surface area (Å²) in [6.45, 7) is 2.12. The lowest BCUT2D eigenvalue weighted by Crippen LogP contribution is -2.27. The van der Waals surface area contributed by atoms with Crippen LogP contribution in [0.2, 0.25) is 0 Å². The normalized spacial score (nSPS) is 12.0. The van der Waals surface area contributed by atoms with Crippen LogP contribution in [0.1, 0.15) is 22.8 Å². The van der Waals surface area contributed by atoms with E-state index in [-0.39, 0.29) is 18.6 Å². The van der Waals surface area contributed by atoms with E-state index in [2.05, 4.69) is 19.1 Å². The second kappa shape index (κ2) is 7.04. The largest absolute Gasteiger partial charge is 0.359 e. The molecule has 2 aromatic rings. The molecule has 0 aliphatic heterocycles. The molecule has 0 aromatic heterocycles. The molecule has 0 aliphatic rings. The van der Waals surface area contributed by atoms with Crippen molar-refractivity contribution in [1.29, 1.82) is 0 Å². The van der Waals surface area contributed by atoms with Gasteiger partial charge in [-0.1, -0.05) is 60.2 Å². The van der Waals surface area contributed by atoms with Crippen molar-refractivity contribution in [3.63, 3.8) is 0 Å². The molecule has 2 rings (SSSR count). The van der Waals surface area contributed by atoms with E-state index in [1.807, 2.05) is 42.5 Å². The van der Waals surface area contributed by atoms with E-state index in [4.69, 9.17) is 4.74 Å². The number of likely N-dealkylation sites (N-methyl/N-ethyl adjacent to an activating group) is 1. The topological polar surface area (TPSA) is 29.5 Å². The number of rotatable bonds is 5. The highest BCUT2D eigenvalue weighted by Gasteiger charge is 2.16. The predicted molar refractivity (Wildman–Crippen MR) is 84.1 cm³/mol. The van der Waals surface area contributed by atoms with E-state index in [0.717, 1.165) is 11.1 Å². The zero-order valence-electron chi connectivity index (χ0n) is 12.7. The summed E-state index contributed by atoms with van der Waals surface area (Å²) in [5, 5.41) is 0. The van der Waals surface area contributed by atoms with Crippen LogP contribution in [0.25, 0.3) is 0 Å². The molecule has 3 heteroatoms. The number of hydrogen-bond acceptors (Lipinski definition) is 2. The van der Waals surface area contributed by atoms with Gasteiger partial charge in [-0.3, -0.25) is 4.79 Å². The van der Waals surface area contributed by atoms with E-state index in [1.54, 1.807) is 14.1 Å². The van der Waals surface area contributed by atoms with Crippen LogP contribution in [0.5, 0.6) is 0 Å². The summed E-state index contributed by atoms with van der Waals surface area (Å²) < 4.78 is 5.89. The molecule has 21 heavy (non-hydrogen) atoms. The van der Waals surface area contributed by atoms with Crippen LogP contribution in [0.15, 0.2) is 54.6 Å². The first-order valence-electron chi connectivity index (χ1n) is 7.01. The maximum atomic E-state index is 11.8. The van der Waals surface area contributed by atoms with Crippen LogP contribution >= 0.6 is 0 Å². The third-order valence-electron chi connectivity index (χ3n) is 3.35. The highest BCUT2D eigenvalue weighted by molar-refractivity contribution is 5.76. The second-order valence-corrected chi connectivity index (χ2v) is 5.30. The Morgan fingerprint density at radius 2 is 1.57 bits per heavy atom. The summed E-state index contributed by atoms with van der Waals surface area (Å²) in [7, 11) is 3.46. The smallest absolute Gasteiger partial charge is 0.248 e. The number of hydrogen-bond donors (Lipinski definition) is 0. The number of ether oxygens (including phenoxy) is 1. The van der Waals surface area contributed by atoms with Gasteiger partial charge in [-0.05, 0) is 18.1 Å². The lowest BCUT2D eigenvalue weighted by Gasteiger charge is -2.20. The molecule has 0 saturated carbocycles. The van der Waals surface area contributed by atoms with Gasteiger partial charge in [0.05, 0.1) is 0 Å². The molecule has 3 nitrogen and oxygen atoms in total. The number of amides is 1. The average Bonchev–Trinajstić information content (AvgIpc) is 2.50. The fraction of sp³-hybridized carbons (Fsp3) is 0.278. The van der Waals surface area contributed by atoms with Gasteiger partial charge in [-0.2, -0.15) is 0 Å². The van der Waals surface area contributed by atoms with Gasteiger partial charge in [-0.15, -0.1) is 0 Å². The molecule has 0 N–H and O–H groups in total. The number of carbonyl (C=O) groups is 1. The fourth-order valence-electron chi connectivity index (χ4n) is 2.04. The molecular weight excluding hydrogens is 262 g/mol. The van der Waals surface area contributed by atoms with Crippen molar-refractivity contribution < 1.29 is 9.53 Å². The molecule has 0 radical (unpaired) electrons. The monoisotopic (exact) mass is 283 g/mol. The summed E-state index contributed by atoms with van der Waals surface area (Å²) in [5.74, 6) is -0.0388. The van der Waals surface area contributed by atoms with Gasteiger partial charge in [0.15, 0.2) is 0 Å². The SMILES string of the molecule is Cc1ccc([C@@H](OCC(=O)N(C)C)c2ccccc2)cc1. The Balaban J connectivity index is 2.23. The van der Waals surface area contributed by atoms with Gasteiger partial charge in [0.2, 0.25) is 5.91 Å². The minimum Gasteiger partial charge on any atom is -0.359 e. The Bertz CT molecular complexity index is 576. The molecule has 1 atom stereocenters. The first-order chi connectivity index (χ1) is 10.1. The highest BCUT2D eigenvalue weighted by Crippen LogP contribution is 2.26. The van der Waals surface area contributed by atoms with Crippen LogP contribution in [0, 0.1) is 6.92 Å². The Kier molecular flexibility index (Phi) is 5.12. The molecule has 0 bridgehead atoms. The molecule has 0 spiro atoms. The highest BCUT2D eigenvalue weighted by atomic mass is 16.5. The van der Waals surface area contributed by atoms with Gasteiger partial charge < -0.3 is 9.64 Å². The number of aryl methyl sites for hydroxylation is 1. The molecular formula is C18H21NO2. The summed E-state index contributed by atoms with van der Waals surface area (Å²) in [4.78, 5) is 13.3. The van der Waals surface area contributed by atoms with Gasteiger partial charge in [-0.25, -0.2) is 0 Å². The first-order valence-corrected chi connectivity index (χ1v) is 7.01. The van der Waals surface area contributed by atoms with Crippen molar-refractivity contribution >= 4 is 5.91 Å². The lowest BCUT2D eigenvalue weighted by molar-refractivity contribution is -0.134. The minimum atomic E-state index is -0.226. The van der Waals surface area contributed by atoms with E-state index in [9.17, 15) is 4.79 Å². The number of carbonyl (C=O) groups excluding carboxylic acids is 1. The summed E-state index contributed by atoms with van der Waals surface area (Å²) in [5.41, 5.74) is 3.31. The van der Waals surface area contributed by atoms with Crippen LogP contribution in [0.4, 0.5) is 0 Å². The fourth-order valence-corrected chi connectivity index (χ4v) is 2.04. The molecule has 0 saturated heterocycles. The molecule has 110 valence electrons. The number of nitrogens with zero attached hydrogens (tertiary/aromatic N) is 1. The Morgan fingerprint density at radius 3 is 2.14 bits per heavy atom.